The number of hydrogen-bond acceptors (Lipinski definition) is 3. The van der Waals surface area contributed by atoms with E-state index < -0.39 is 0 Å². The van der Waals surface area contributed by atoms with Gasteiger partial charge in [-0.05, 0) is 40.2 Å². The van der Waals surface area contributed by atoms with Crippen LogP contribution in [-0.2, 0) is 0 Å². The maximum absolute atomic E-state index is 4.24. The number of H-pyrrole nitrogens is 1. The zero-order valence-corrected chi connectivity index (χ0v) is 11.5. The zero-order valence-electron chi connectivity index (χ0n) is 11.5. The van der Waals surface area contributed by atoms with Crippen LogP contribution in [0.1, 0.15) is 31.7 Å². The van der Waals surface area contributed by atoms with Crippen molar-refractivity contribution in [3.8, 4) is 0 Å². The summed E-state index contributed by atoms with van der Waals surface area (Å²) < 4.78 is 0. The van der Waals surface area contributed by atoms with Crippen molar-refractivity contribution in [2.45, 2.75) is 46.2 Å². The molecule has 3 atom stereocenters. The van der Waals surface area contributed by atoms with Crippen molar-refractivity contribution in [2.24, 2.45) is 5.92 Å². The Labute approximate surface area is 104 Å². The van der Waals surface area contributed by atoms with Gasteiger partial charge >= 0.3 is 0 Å². The lowest BCUT2D eigenvalue weighted by molar-refractivity contribution is 0.145. The second-order valence-corrected chi connectivity index (χ2v) is 5.56. The van der Waals surface area contributed by atoms with Gasteiger partial charge in [0.1, 0.15) is 0 Å². The van der Waals surface area contributed by atoms with Gasteiger partial charge in [0.15, 0.2) is 0 Å². The minimum Gasteiger partial charge on any atom is -0.379 e. The second-order valence-electron chi connectivity index (χ2n) is 5.56. The van der Waals surface area contributed by atoms with Gasteiger partial charge in [-0.2, -0.15) is 5.10 Å². The Bertz CT molecular complexity index is 365. The highest BCUT2D eigenvalue weighted by Crippen LogP contribution is 2.26. The Morgan fingerprint density at radius 3 is 2.65 bits per heavy atom. The average Bonchev–Trinajstić information content (AvgIpc) is 2.57. The van der Waals surface area contributed by atoms with Crippen molar-refractivity contribution in [1.29, 1.82) is 0 Å². The summed E-state index contributed by atoms with van der Waals surface area (Å²) in [4.78, 5) is 2.44. The van der Waals surface area contributed by atoms with E-state index in [2.05, 4.69) is 55.2 Å². The summed E-state index contributed by atoms with van der Waals surface area (Å²) in [6.45, 7) is 9.91. The van der Waals surface area contributed by atoms with E-state index in [-0.39, 0.29) is 0 Å². The number of aromatic amines is 1. The smallest absolute Gasteiger partial charge is 0.0825 e. The minimum atomic E-state index is 0.552. The molecule has 4 nitrogen and oxygen atoms in total. The Kier molecular flexibility index (Phi) is 3.43. The molecule has 1 aliphatic heterocycles. The monoisotopic (exact) mass is 236 g/mol. The normalized spacial score (nSPS) is 30.5. The number of nitrogens with zero attached hydrogens (tertiary/aromatic N) is 2. The van der Waals surface area contributed by atoms with E-state index in [4.69, 9.17) is 0 Å². The summed E-state index contributed by atoms with van der Waals surface area (Å²) in [6.07, 6.45) is 1.20. The van der Waals surface area contributed by atoms with Crippen LogP contribution in [0.15, 0.2) is 0 Å². The molecule has 0 saturated carbocycles. The lowest BCUT2D eigenvalue weighted by Crippen LogP contribution is -2.48. The maximum atomic E-state index is 4.24. The van der Waals surface area contributed by atoms with Crippen LogP contribution in [0, 0.1) is 19.8 Å². The molecule has 0 aromatic carbocycles. The van der Waals surface area contributed by atoms with Crippen LogP contribution in [0.3, 0.4) is 0 Å². The molecule has 2 heterocycles. The largest absolute Gasteiger partial charge is 0.379 e. The lowest BCUT2D eigenvalue weighted by atomic mass is 9.89. The van der Waals surface area contributed by atoms with Crippen LogP contribution in [0.2, 0.25) is 0 Å². The van der Waals surface area contributed by atoms with E-state index in [1.54, 1.807) is 0 Å². The van der Waals surface area contributed by atoms with Crippen LogP contribution in [-0.4, -0.2) is 40.8 Å². The van der Waals surface area contributed by atoms with Crippen LogP contribution in [0.5, 0.6) is 0 Å². The summed E-state index contributed by atoms with van der Waals surface area (Å²) in [5.41, 5.74) is 3.40. The first-order valence-corrected chi connectivity index (χ1v) is 6.47. The number of hydrogen-bond donors (Lipinski definition) is 2. The number of likely N-dealkylation sites (tertiary alicyclic amines) is 1. The van der Waals surface area contributed by atoms with Crippen molar-refractivity contribution in [3.05, 3.63) is 11.4 Å². The molecule has 0 spiro atoms. The number of aryl methyl sites for hydroxylation is 2. The third-order valence-electron chi connectivity index (χ3n) is 4.07. The summed E-state index contributed by atoms with van der Waals surface area (Å²) >= 11 is 0. The van der Waals surface area contributed by atoms with Gasteiger partial charge in [0.25, 0.3) is 0 Å². The van der Waals surface area contributed by atoms with Gasteiger partial charge in [0.05, 0.1) is 17.1 Å². The molecule has 2 N–H and O–H groups in total. The van der Waals surface area contributed by atoms with Crippen LogP contribution in [0.4, 0.5) is 5.69 Å². The summed E-state index contributed by atoms with van der Waals surface area (Å²) in [6, 6.07) is 1.20. The highest BCUT2D eigenvalue weighted by Gasteiger charge is 2.29. The predicted octanol–water partition coefficient (Wildman–Crippen LogP) is 2.17. The fourth-order valence-corrected chi connectivity index (χ4v) is 2.69. The summed E-state index contributed by atoms with van der Waals surface area (Å²) in [5, 5.41) is 11.0. The quantitative estimate of drug-likeness (QED) is 0.827. The molecule has 17 heavy (non-hydrogen) atoms. The topological polar surface area (TPSA) is 44.0 Å². The molecule has 96 valence electrons. The Hall–Kier alpha value is -1.03. The first-order valence-electron chi connectivity index (χ1n) is 6.47. The van der Waals surface area contributed by atoms with Crippen molar-refractivity contribution < 1.29 is 0 Å². The van der Waals surface area contributed by atoms with Gasteiger partial charge in [0, 0.05) is 18.6 Å². The van der Waals surface area contributed by atoms with Crippen LogP contribution < -0.4 is 5.32 Å². The fourth-order valence-electron chi connectivity index (χ4n) is 2.69. The molecule has 0 bridgehead atoms. The van der Waals surface area contributed by atoms with E-state index in [1.807, 2.05) is 0 Å². The molecule has 1 aromatic rings. The number of nitrogens with one attached hydrogen (secondary N) is 2. The van der Waals surface area contributed by atoms with Crippen molar-refractivity contribution >= 4 is 5.69 Å². The highest BCUT2D eigenvalue weighted by atomic mass is 15.2. The summed E-state index contributed by atoms with van der Waals surface area (Å²) in [5.74, 6) is 0.671. The standard InChI is InChI=1S/C13H24N4/c1-8-7-17(5)9(2)6-12(8)14-13-10(3)15-16-11(13)4/h8-9,12,14H,6-7H2,1-5H3,(H,15,16). The van der Waals surface area contributed by atoms with Crippen LogP contribution >= 0.6 is 0 Å². The van der Waals surface area contributed by atoms with Crippen molar-refractivity contribution in [1.82, 2.24) is 15.1 Å². The Morgan fingerprint density at radius 1 is 1.35 bits per heavy atom. The number of aromatic nitrogens is 2. The van der Waals surface area contributed by atoms with Gasteiger partial charge in [-0.3, -0.25) is 5.10 Å². The molecular weight excluding hydrogens is 212 g/mol. The number of rotatable bonds is 2. The molecule has 3 unspecified atom stereocenters. The van der Waals surface area contributed by atoms with E-state index in [1.165, 1.54) is 12.1 Å². The average molecular weight is 236 g/mol. The predicted molar refractivity (Wildman–Crippen MR) is 71.3 cm³/mol. The van der Waals surface area contributed by atoms with E-state index in [9.17, 15) is 0 Å². The molecule has 0 amide bonds. The number of piperidine rings is 1. The molecule has 0 aliphatic carbocycles. The Morgan fingerprint density at radius 2 is 2.06 bits per heavy atom. The molecule has 1 aromatic heterocycles. The molecule has 1 saturated heterocycles. The lowest BCUT2D eigenvalue weighted by Gasteiger charge is -2.40. The van der Waals surface area contributed by atoms with Gasteiger partial charge in [0.2, 0.25) is 0 Å². The molecular formula is C13H24N4. The molecule has 4 heteroatoms. The molecule has 1 fully saturated rings. The first-order chi connectivity index (χ1) is 7.99. The van der Waals surface area contributed by atoms with E-state index >= 15 is 0 Å². The number of anilines is 1. The van der Waals surface area contributed by atoms with Gasteiger partial charge in [-0.25, -0.2) is 0 Å². The van der Waals surface area contributed by atoms with Gasteiger partial charge in [-0.15, -0.1) is 0 Å². The Balaban J connectivity index is 2.08. The zero-order chi connectivity index (χ0) is 12.6. The maximum Gasteiger partial charge on any atom is 0.0825 e. The SMILES string of the molecule is Cc1n[nH]c(C)c1NC1CC(C)N(C)CC1C. The van der Waals surface area contributed by atoms with Gasteiger partial charge < -0.3 is 10.2 Å². The minimum absolute atomic E-state index is 0.552. The first kappa shape index (κ1) is 12.4. The molecule has 0 radical (unpaired) electrons. The third kappa shape index (κ3) is 2.46. The third-order valence-corrected chi connectivity index (χ3v) is 4.07. The second kappa shape index (κ2) is 4.69. The summed E-state index contributed by atoms with van der Waals surface area (Å²) in [7, 11) is 2.21. The fraction of sp³-hybridized carbons (Fsp3) is 0.769. The van der Waals surface area contributed by atoms with Crippen LogP contribution in [0.25, 0.3) is 0 Å². The molecule has 2 rings (SSSR count). The highest BCUT2D eigenvalue weighted by molar-refractivity contribution is 5.52. The van der Waals surface area contributed by atoms with Crippen molar-refractivity contribution in [2.75, 3.05) is 18.9 Å². The van der Waals surface area contributed by atoms with E-state index in [0.717, 1.165) is 17.9 Å². The van der Waals surface area contributed by atoms with Crippen molar-refractivity contribution in [3.63, 3.8) is 0 Å². The molecule has 1 aliphatic rings. The van der Waals surface area contributed by atoms with E-state index in [0.29, 0.717) is 18.0 Å². The van der Waals surface area contributed by atoms with Gasteiger partial charge in [-0.1, -0.05) is 6.92 Å².